The zero-order chi connectivity index (χ0) is 16.6. The molecule has 4 heteroatoms. The average Bonchev–Trinajstić information content (AvgIpc) is 2.76. The number of benzene rings is 1. The minimum atomic E-state index is -0.660. The van der Waals surface area contributed by atoms with Crippen molar-refractivity contribution < 1.29 is 9.59 Å². The molecule has 1 heterocycles. The summed E-state index contributed by atoms with van der Waals surface area (Å²) in [5.41, 5.74) is 1.61. The third-order valence-corrected chi connectivity index (χ3v) is 5.49. The van der Waals surface area contributed by atoms with Crippen molar-refractivity contribution in [3.63, 3.8) is 0 Å². The molecule has 1 saturated carbocycles. The lowest BCUT2D eigenvalue weighted by molar-refractivity contribution is -0.134. The Morgan fingerprint density at radius 3 is 2.52 bits per heavy atom. The molecule has 1 aliphatic carbocycles. The second kappa shape index (κ2) is 5.99. The maximum absolute atomic E-state index is 12.9. The molecule has 1 saturated heterocycles. The molecule has 4 nitrogen and oxygen atoms in total. The van der Waals surface area contributed by atoms with E-state index >= 15 is 0 Å². The predicted octanol–water partition coefficient (Wildman–Crippen LogP) is 3.81. The van der Waals surface area contributed by atoms with Crippen LogP contribution < -0.4 is 5.32 Å². The fourth-order valence-electron chi connectivity index (χ4n) is 3.83. The fourth-order valence-corrected chi connectivity index (χ4v) is 3.83. The summed E-state index contributed by atoms with van der Waals surface area (Å²) in [5, 5.41) is 3.01. The first kappa shape index (κ1) is 16.0. The number of hydrogen-bond acceptors (Lipinski definition) is 2. The van der Waals surface area contributed by atoms with Crippen LogP contribution in [0.2, 0.25) is 0 Å². The molecule has 1 aliphatic heterocycles. The Labute approximate surface area is 138 Å². The van der Waals surface area contributed by atoms with E-state index in [0.717, 1.165) is 31.2 Å². The number of amides is 3. The number of rotatable bonds is 3. The van der Waals surface area contributed by atoms with Gasteiger partial charge >= 0.3 is 6.03 Å². The van der Waals surface area contributed by atoms with Crippen molar-refractivity contribution in [3.05, 3.63) is 35.4 Å². The Kier molecular flexibility index (Phi) is 4.17. The van der Waals surface area contributed by atoms with Crippen LogP contribution in [0, 0.1) is 5.92 Å². The van der Waals surface area contributed by atoms with Crippen LogP contribution >= 0.6 is 0 Å². The van der Waals surface area contributed by atoms with E-state index in [1.807, 2.05) is 12.1 Å². The standard InChI is InChI=1S/C19H26N2O2/c1-13(2)16-9-7-15(8-10-16)12-21-17(22)19(20-18(21)23)11-5-4-6-14(19)3/h7-10,13-14H,4-6,11-12H2,1-3H3,(H,20,23)/t14-,19-/m1/s1. The second-order valence-electron chi connectivity index (χ2n) is 7.34. The predicted molar refractivity (Wildman–Crippen MR) is 90.0 cm³/mol. The highest BCUT2D eigenvalue weighted by Crippen LogP contribution is 2.38. The van der Waals surface area contributed by atoms with Gasteiger partial charge in [0.2, 0.25) is 0 Å². The number of urea groups is 1. The third kappa shape index (κ3) is 2.75. The van der Waals surface area contributed by atoms with Gasteiger partial charge in [-0.1, -0.05) is 57.9 Å². The van der Waals surface area contributed by atoms with Gasteiger partial charge in [-0.25, -0.2) is 4.79 Å². The van der Waals surface area contributed by atoms with Crippen LogP contribution in [0.3, 0.4) is 0 Å². The zero-order valence-corrected chi connectivity index (χ0v) is 14.3. The van der Waals surface area contributed by atoms with Crippen LogP contribution in [0.4, 0.5) is 4.79 Å². The van der Waals surface area contributed by atoms with Gasteiger partial charge in [0.15, 0.2) is 0 Å². The molecule has 3 rings (SSSR count). The zero-order valence-electron chi connectivity index (χ0n) is 14.3. The Bertz CT molecular complexity index is 608. The summed E-state index contributed by atoms with van der Waals surface area (Å²) in [6.45, 7) is 6.75. The van der Waals surface area contributed by atoms with Crippen molar-refractivity contribution >= 4 is 11.9 Å². The molecular weight excluding hydrogens is 288 g/mol. The van der Waals surface area contributed by atoms with Crippen LogP contribution in [-0.4, -0.2) is 22.4 Å². The molecule has 0 aromatic heterocycles. The Balaban J connectivity index is 1.78. The molecule has 1 aromatic rings. The molecule has 2 fully saturated rings. The summed E-state index contributed by atoms with van der Waals surface area (Å²) in [7, 11) is 0. The third-order valence-electron chi connectivity index (χ3n) is 5.49. The molecule has 1 spiro atoms. The summed E-state index contributed by atoms with van der Waals surface area (Å²) in [5.74, 6) is 0.649. The molecule has 124 valence electrons. The van der Waals surface area contributed by atoms with Gasteiger partial charge in [-0.2, -0.15) is 0 Å². The van der Waals surface area contributed by atoms with Crippen LogP contribution in [0.1, 0.15) is 63.5 Å². The number of nitrogens with one attached hydrogen (secondary N) is 1. The van der Waals surface area contributed by atoms with Crippen molar-refractivity contribution in [2.75, 3.05) is 0 Å². The highest BCUT2D eigenvalue weighted by atomic mass is 16.2. The Morgan fingerprint density at radius 2 is 1.91 bits per heavy atom. The normalized spacial score (nSPS) is 27.8. The van der Waals surface area contributed by atoms with Gasteiger partial charge in [-0.15, -0.1) is 0 Å². The Hall–Kier alpha value is -1.84. The molecule has 2 aliphatic rings. The van der Waals surface area contributed by atoms with Crippen molar-refractivity contribution in [2.24, 2.45) is 5.92 Å². The van der Waals surface area contributed by atoms with E-state index in [2.05, 4.69) is 38.2 Å². The number of carbonyl (C=O) groups excluding carboxylic acids is 2. The van der Waals surface area contributed by atoms with E-state index < -0.39 is 5.54 Å². The monoisotopic (exact) mass is 314 g/mol. The van der Waals surface area contributed by atoms with Crippen molar-refractivity contribution in [1.82, 2.24) is 10.2 Å². The van der Waals surface area contributed by atoms with Gasteiger partial charge in [0.05, 0.1) is 6.54 Å². The van der Waals surface area contributed by atoms with Gasteiger partial charge in [0.25, 0.3) is 5.91 Å². The molecule has 0 radical (unpaired) electrons. The summed E-state index contributed by atoms with van der Waals surface area (Å²) >= 11 is 0. The highest BCUT2D eigenvalue weighted by molar-refractivity contribution is 6.07. The van der Waals surface area contributed by atoms with Gasteiger partial charge < -0.3 is 5.32 Å². The lowest BCUT2D eigenvalue weighted by atomic mass is 9.73. The van der Waals surface area contributed by atoms with Gasteiger partial charge in [0, 0.05) is 0 Å². The van der Waals surface area contributed by atoms with Gasteiger partial charge in [0.1, 0.15) is 5.54 Å². The number of hydrogen-bond donors (Lipinski definition) is 1. The van der Waals surface area contributed by atoms with Crippen LogP contribution in [0.25, 0.3) is 0 Å². The molecule has 23 heavy (non-hydrogen) atoms. The molecular formula is C19H26N2O2. The van der Waals surface area contributed by atoms with E-state index in [9.17, 15) is 9.59 Å². The van der Waals surface area contributed by atoms with E-state index in [1.165, 1.54) is 10.5 Å². The van der Waals surface area contributed by atoms with Crippen molar-refractivity contribution in [2.45, 2.75) is 64.5 Å². The summed E-state index contributed by atoms with van der Waals surface area (Å²) in [6, 6.07) is 7.96. The van der Waals surface area contributed by atoms with E-state index in [-0.39, 0.29) is 17.9 Å². The summed E-state index contributed by atoms with van der Waals surface area (Å²) < 4.78 is 0. The SMILES string of the molecule is CC(C)c1ccc(CN2C(=O)N[C@@]3(CCCC[C@H]3C)C2=O)cc1. The second-order valence-corrected chi connectivity index (χ2v) is 7.34. The van der Waals surface area contributed by atoms with Crippen molar-refractivity contribution in [1.29, 1.82) is 0 Å². The first-order chi connectivity index (χ1) is 10.9. The van der Waals surface area contributed by atoms with Crippen LogP contribution in [-0.2, 0) is 11.3 Å². The quantitative estimate of drug-likeness (QED) is 0.862. The number of carbonyl (C=O) groups is 2. The minimum absolute atomic E-state index is 0.0392. The van der Waals surface area contributed by atoms with Gasteiger partial charge in [-0.05, 0) is 35.8 Å². The smallest absolute Gasteiger partial charge is 0.323 e. The molecule has 1 N–H and O–H groups in total. The minimum Gasteiger partial charge on any atom is -0.323 e. The molecule has 0 bridgehead atoms. The fraction of sp³-hybridized carbons (Fsp3) is 0.579. The first-order valence-corrected chi connectivity index (χ1v) is 8.67. The first-order valence-electron chi connectivity index (χ1n) is 8.67. The van der Waals surface area contributed by atoms with E-state index in [4.69, 9.17) is 0 Å². The van der Waals surface area contributed by atoms with Crippen molar-refractivity contribution in [3.8, 4) is 0 Å². The Morgan fingerprint density at radius 1 is 1.22 bits per heavy atom. The number of nitrogens with zero attached hydrogens (tertiary/aromatic N) is 1. The van der Waals surface area contributed by atoms with E-state index in [1.54, 1.807) is 0 Å². The largest absolute Gasteiger partial charge is 0.325 e. The van der Waals surface area contributed by atoms with Crippen LogP contribution in [0.15, 0.2) is 24.3 Å². The average molecular weight is 314 g/mol. The highest BCUT2D eigenvalue weighted by Gasteiger charge is 2.54. The maximum Gasteiger partial charge on any atom is 0.325 e. The summed E-state index contributed by atoms with van der Waals surface area (Å²) in [4.78, 5) is 26.7. The molecule has 0 unspecified atom stereocenters. The summed E-state index contributed by atoms with van der Waals surface area (Å²) in [6.07, 6.45) is 3.92. The lowest BCUT2D eigenvalue weighted by Crippen LogP contribution is -2.53. The van der Waals surface area contributed by atoms with E-state index in [0.29, 0.717) is 12.5 Å². The molecule has 3 amide bonds. The maximum atomic E-state index is 12.9. The topological polar surface area (TPSA) is 49.4 Å². The van der Waals surface area contributed by atoms with Gasteiger partial charge in [-0.3, -0.25) is 9.69 Å². The molecule has 2 atom stereocenters. The molecule has 1 aromatic carbocycles. The number of imide groups is 1. The van der Waals surface area contributed by atoms with Crippen LogP contribution in [0.5, 0.6) is 0 Å². The lowest BCUT2D eigenvalue weighted by Gasteiger charge is -2.36.